The third-order valence-electron chi connectivity index (χ3n) is 3.66. The Hall–Kier alpha value is -1.60. The number of hydrogen-bond donors (Lipinski definition) is 0. The van der Waals surface area contributed by atoms with E-state index in [2.05, 4.69) is 0 Å². The summed E-state index contributed by atoms with van der Waals surface area (Å²) in [6, 6.07) is 11.3. The van der Waals surface area contributed by atoms with E-state index in [1.807, 2.05) is 12.1 Å². The van der Waals surface area contributed by atoms with E-state index in [0.29, 0.717) is 5.02 Å². The smallest absolute Gasteiger partial charge is 0.255 e. The fourth-order valence-corrected chi connectivity index (χ4v) is 3.52. The topological polar surface area (TPSA) is 57.7 Å². The van der Waals surface area contributed by atoms with Gasteiger partial charge in [-0.15, -0.1) is 0 Å². The first kappa shape index (κ1) is 19.7. The van der Waals surface area contributed by atoms with Crippen LogP contribution in [0.25, 0.3) is 0 Å². The van der Waals surface area contributed by atoms with Gasteiger partial charge in [0.25, 0.3) is 5.91 Å². The van der Waals surface area contributed by atoms with Crippen LogP contribution in [0.2, 0.25) is 10.0 Å². The molecule has 1 amide bonds. The number of carbonyl (C=O) groups is 1. The summed E-state index contributed by atoms with van der Waals surface area (Å²) < 4.78 is 25.6. The summed E-state index contributed by atoms with van der Waals surface area (Å²) >= 11 is 12.2. The van der Waals surface area contributed by atoms with Crippen molar-refractivity contribution < 1.29 is 13.2 Å². The Morgan fingerprint density at radius 3 is 2.24 bits per heavy atom. The van der Waals surface area contributed by atoms with Gasteiger partial charge >= 0.3 is 0 Å². The summed E-state index contributed by atoms with van der Waals surface area (Å²) in [5.74, 6) is -0.388. The molecule has 2 rings (SSSR count). The molecule has 0 aliphatic rings. The molecule has 0 saturated carbocycles. The molecule has 0 bridgehead atoms. The average molecular weight is 401 g/mol. The van der Waals surface area contributed by atoms with E-state index < -0.39 is 10.0 Å². The van der Waals surface area contributed by atoms with Gasteiger partial charge in [-0.2, -0.15) is 0 Å². The Labute approximate surface area is 157 Å². The molecule has 0 aliphatic carbocycles. The molecule has 0 unspecified atom stereocenters. The number of nitrogens with zero attached hydrogens (tertiary/aromatic N) is 2. The lowest BCUT2D eigenvalue weighted by molar-refractivity contribution is 0.0785. The molecule has 0 heterocycles. The number of carbonyl (C=O) groups excluding carboxylic acids is 1. The number of halogens is 2. The SMILES string of the molecule is CN(Cc1ccccc1Cl)C(=O)c1cc(S(=O)(=O)N(C)C)ccc1Cl. The maximum absolute atomic E-state index is 12.7. The first-order valence-electron chi connectivity index (χ1n) is 7.35. The molecule has 5 nitrogen and oxygen atoms in total. The monoisotopic (exact) mass is 400 g/mol. The highest BCUT2D eigenvalue weighted by Gasteiger charge is 2.22. The Morgan fingerprint density at radius 1 is 1.00 bits per heavy atom. The number of benzene rings is 2. The second-order valence-electron chi connectivity index (χ2n) is 5.68. The molecule has 0 radical (unpaired) electrons. The van der Waals surface area contributed by atoms with Crippen LogP contribution in [0.3, 0.4) is 0 Å². The van der Waals surface area contributed by atoms with Gasteiger partial charge in [0, 0.05) is 32.7 Å². The maximum atomic E-state index is 12.7. The van der Waals surface area contributed by atoms with E-state index in [0.717, 1.165) is 9.87 Å². The van der Waals surface area contributed by atoms with Crippen LogP contribution in [0.5, 0.6) is 0 Å². The van der Waals surface area contributed by atoms with Crippen molar-refractivity contribution in [3.63, 3.8) is 0 Å². The third-order valence-corrected chi connectivity index (χ3v) is 6.17. The van der Waals surface area contributed by atoms with Crippen LogP contribution in [0.15, 0.2) is 47.4 Å². The molecular formula is C17H18Cl2N2O3S. The molecule has 2 aromatic rings. The fourth-order valence-electron chi connectivity index (χ4n) is 2.20. The fraction of sp³-hybridized carbons (Fsp3) is 0.235. The van der Waals surface area contributed by atoms with Crippen LogP contribution in [-0.2, 0) is 16.6 Å². The summed E-state index contributed by atoms with van der Waals surface area (Å²) in [4.78, 5) is 14.2. The predicted octanol–water partition coefficient (Wildman–Crippen LogP) is 3.52. The number of amides is 1. The van der Waals surface area contributed by atoms with Crippen molar-refractivity contribution in [2.24, 2.45) is 0 Å². The number of hydrogen-bond acceptors (Lipinski definition) is 3. The van der Waals surface area contributed by atoms with Gasteiger partial charge < -0.3 is 4.90 Å². The molecule has 0 aliphatic heterocycles. The second-order valence-corrected chi connectivity index (χ2v) is 8.65. The molecule has 25 heavy (non-hydrogen) atoms. The van der Waals surface area contributed by atoms with Crippen LogP contribution < -0.4 is 0 Å². The minimum Gasteiger partial charge on any atom is -0.337 e. The van der Waals surface area contributed by atoms with Crippen molar-refractivity contribution in [1.82, 2.24) is 9.21 Å². The van der Waals surface area contributed by atoms with Gasteiger partial charge in [-0.25, -0.2) is 12.7 Å². The predicted molar refractivity (Wildman–Crippen MR) is 99.6 cm³/mol. The summed E-state index contributed by atoms with van der Waals surface area (Å²) in [5, 5.41) is 0.742. The maximum Gasteiger partial charge on any atom is 0.255 e. The zero-order chi connectivity index (χ0) is 18.8. The quantitative estimate of drug-likeness (QED) is 0.771. The number of rotatable bonds is 5. The molecule has 0 spiro atoms. The Balaban J connectivity index is 2.34. The lowest BCUT2D eigenvalue weighted by Crippen LogP contribution is -2.27. The van der Waals surface area contributed by atoms with Gasteiger partial charge in [-0.1, -0.05) is 41.4 Å². The lowest BCUT2D eigenvalue weighted by Gasteiger charge is -2.19. The molecule has 8 heteroatoms. The molecule has 0 atom stereocenters. The second kappa shape index (κ2) is 7.74. The van der Waals surface area contributed by atoms with Crippen molar-refractivity contribution in [3.05, 3.63) is 63.6 Å². The van der Waals surface area contributed by atoms with E-state index >= 15 is 0 Å². The van der Waals surface area contributed by atoms with Crippen LogP contribution in [0.1, 0.15) is 15.9 Å². The van der Waals surface area contributed by atoms with Crippen molar-refractivity contribution in [1.29, 1.82) is 0 Å². The van der Waals surface area contributed by atoms with Crippen LogP contribution in [0.4, 0.5) is 0 Å². The van der Waals surface area contributed by atoms with Crippen LogP contribution >= 0.6 is 23.2 Å². The van der Waals surface area contributed by atoms with Gasteiger partial charge in [0.15, 0.2) is 0 Å². The summed E-state index contributed by atoms with van der Waals surface area (Å²) in [6.45, 7) is 0.277. The van der Waals surface area contributed by atoms with Crippen molar-refractivity contribution in [3.8, 4) is 0 Å². The summed E-state index contributed by atoms with van der Waals surface area (Å²) in [5.41, 5.74) is 0.910. The zero-order valence-electron chi connectivity index (χ0n) is 14.0. The van der Waals surface area contributed by atoms with Gasteiger partial charge in [0.2, 0.25) is 10.0 Å². The normalized spacial score (nSPS) is 11.6. The third kappa shape index (κ3) is 4.33. The summed E-state index contributed by atoms with van der Waals surface area (Å²) in [7, 11) is 0.799. The van der Waals surface area contributed by atoms with Gasteiger partial charge in [0.1, 0.15) is 0 Å². The van der Waals surface area contributed by atoms with Gasteiger partial charge in [0.05, 0.1) is 15.5 Å². The largest absolute Gasteiger partial charge is 0.337 e. The standard InChI is InChI=1S/C17H18Cl2N2O3S/c1-20(2)25(23,24)13-8-9-16(19)14(10-13)17(22)21(3)11-12-6-4-5-7-15(12)18/h4-10H,11H2,1-3H3. The first-order chi connectivity index (χ1) is 11.6. The lowest BCUT2D eigenvalue weighted by atomic mass is 10.1. The van der Waals surface area contributed by atoms with E-state index in [1.165, 1.54) is 37.2 Å². The Morgan fingerprint density at radius 2 is 1.64 bits per heavy atom. The average Bonchev–Trinajstić information content (AvgIpc) is 2.56. The Kier molecular flexibility index (Phi) is 6.11. The molecule has 0 N–H and O–H groups in total. The summed E-state index contributed by atoms with van der Waals surface area (Å²) in [6.07, 6.45) is 0. The molecule has 2 aromatic carbocycles. The van der Waals surface area contributed by atoms with Gasteiger partial charge in [-0.3, -0.25) is 4.79 Å². The molecule has 0 saturated heterocycles. The molecular weight excluding hydrogens is 383 g/mol. The van der Waals surface area contributed by atoms with E-state index in [9.17, 15) is 13.2 Å². The first-order valence-corrected chi connectivity index (χ1v) is 9.55. The minimum absolute atomic E-state index is 0.0105. The van der Waals surface area contributed by atoms with Crippen molar-refractivity contribution >= 4 is 39.1 Å². The molecule has 0 aromatic heterocycles. The Bertz CT molecular complexity index is 899. The van der Waals surface area contributed by atoms with Crippen LogP contribution in [-0.4, -0.2) is 44.7 Å². The highest BCUT2D eigenvalue weighted by Crippen LogP contribution is 2.24. The van der Waals surface area contributed by atoms with E-state index in [-0.39, 0.29) is 27.9 Å². The van der Waals surface area contributed by atoms with Crippen LogP contribution in [0, 0.1) is 0 Å². The van der Waals surface area contributed by atoms with E-state index in [1.54, 1.807) is 19.2 Å². The highest BCUT2D eigenvalue weighted by atomic mass is 35.5. The van der Waals surface area contributed by atoms with Crippen molar-refractivity contribution in [2.45, 2.75) is 11.4 Å². The van der Waals surface area contributed by atoms with Crippen molar-refractivity contribution in [2.75, 3.05) is 21.1 Å². The molecule has 0 fully saturated rings. The minimum atomic E-state index is -3.66. The van der Waals surface area contributed by atoms with Gasteiger partial charge in [-0.05, 0) is 29.8 Å². The zero-order valence-corrected chi connectivity index (χ0v) is 16.4. The highest BCUT2D eigenvalue weighted by molar-refractivity contribution is 7.89. The number of sulfonamides is 1. The molecule has 134 valence electrons. The van der Waals surface area contributed by atoms with E-state index in [4.69, 9.17) is 23.2 Å².